The number of nitrogen functional groups attached to an aromatic ring is 1. The van der Waals surface area contributed by atoms with Gasteiger partial charge in [-0.3, -0.25) is 0 Å². The topological polar surface area (TPSA) is 74.8 Å². The molecule has 0 aliphatic heterocycles. The Labute approximate surface area is 114 Å². The number of halogens is 2. The fourth-order valence-corrected chi connectivity index (χ4v) is 1.92. The van der Waals surface area contributed by atoms with Crippen molar-refractivity contribution in [3.8, 4) is 11.1 Å². The van der Waals surface area contributed by atoms with Gasteiger partial charge >= 0.3 is 0 Å². The third kappa shape index (κ3) is 2.51. The summed E-state index contributed by atoms with van der Waals surface area (Å²) >= 11 is 12.0. The lowest BCUT2D eigenvalue weighted by Gasteiger charge is -2.06. The van der Waals surface area contributed by atoms with Crippen molar-refractivity contribution in [2.75, 3.05) is 5.73 Å². The average Bonchev–Trinajstić information content (AvgIpc) is 2.35. The molecule has 2 aromatic carbocycles. The Hall–Kier alpha value is -1.87. The van der Waals surface area contributed by atoms with Crippen LogP contribution in [0.4, 0.5) is 11.4 Å². The first-order chi connectivity index (χ1) is 8.61. The number of hydrogen-bond acceptors (Lipinski definition) is 2. The van der Waals surface area contributed by atoms with Gasteiger partial charge in [-0.15, -0.1) is 0 Å². The number of anilines is 1. The smallest absolute Gasteiger partial charge is 0.0641 e. The van der Waals surface area contributed by atoms with Crippen molar-refractivity contribution < 1.29 is 0 Å². The van der Waals surface area contributed by atoms with E-state index in [-0.39, 0.29) is 0 Å². The standard InChI is InChI=1S/C12H8Cl2N4/c13-9-5-7(1-3-11(9)15)8-2-4-12(17-18-16)10(14)6-8/h1-6H,15H2. The van der Waals surface area contributed by atoms with E-state index in [1.807, 2.05) is 6.07 Å². The Kier molecular flexibility index (Phi) is 3.63. The summed E-state index contributed by atoms with van der Waals surface area (Å²) in [5.41, 5.74) is 16.7. The van der Waals surface area contributed by atoms with Gasteiger partial charge in [0.1, 0.15) is 0 Å². The van der Waals surface area contributed by atoms with Gasteiger partial charge in [-0.1, -0.05) is 46.5 Å². The van der Waals surface area contributed by atoms with Gasteiger partial charge in [0.2, 0.25) is 0 Å². The largest absolute Gasteiger partial charge is 0.398 e. The van der Waals surface area contributed by atoms with E-state index >= 15 is 0 Å². The third-order valence-corrected chi connectivity index (χ3v) is 3.06. The second-order valence-corrected chi connectivity index (χ2v) is 4.41. The highest BCUT2D eigenvalue weighted by atomic mass is 35.5. The second kappa shape index (κ2) is 5.19. The summed E-state index contributed by atoms with van der Waals surface area (Å²) in [5, 5.41) is 4.35. The van der Waals surface area contributed by atoms with Gasteiger partial charge in [0.05, 0.1) is 21.4 Å². The van der Waals surface area contributed by atoms with Crippen LogP contribution in [-0.4, -0.2) is 0 Å². The third-order valence-electron chi connectivity index (χ3n) is 2.43. The highest BCUT2D eigenvalue weighted by Gasteiger charge is 2.04. The Bertz CT molecular complexity index is 649. The summed E-state index contributed by atoms with van der Waals surface area (Å²) in [6.07, 6.45) is 0. The van der Waals surface area contributed by atoms with Gasteiger partial charge < -0.3 is 5.73 Å². The van der Waals surface area contributed by atoms with E-state index in [1.54, 1.807) is 30.3 Å². The Balaban J connectivity index is 2.48. The van der Waals surface area contributed by atoms with Gasteiger partial charge in [0.25, 0.3) is 0 Å². The maximum atomic E-state index is 8.37. The molecule has 0 saturated heterocycles. The molecule has 0 amide bonds. The molecule has 0 aromatic heterocycles. The minimum absolute atomic E-state index is 0.387. The molecule has 0 spiro atoms. The highest BCUT2D eigenvalue weighted by molar-refractivity contribution is 6.34. The monoisotopic (exact) mass is 278 g/mol. The van der Waals surface area contributed by atoms with E-state index in [4.69, 9.17) is 34.5 Å². The zero-order valence-corrected chi connectivity index (χ0v) is 10.7. The van der Waals surface area contributed by atoms with Crippen LogP contribution in [0.5, 0.6) is 0 Å². The minimum Gasteiger partial charge on any atom is -0.398 e. The summed E-state index contributed by atoms with van der Waals surface area (Å²) in [4.78, 5) is 2.70. The molecule has 0 fully saturated rings. The number of nitrogens with zero attached hydrogens (tertiary/aromatic N) is 3. The van der Waals surface area contributed by atoms with E-state index in [0.29, 0.717) is 21.4 Å². The van der Waals surface area contributed by atoms with E-state index in [9.17, 15) is 0 Å². The zero-order valence-electron chi connectivity index (χ0n) is 9.14. The molecular formula is C12H8Cl2N4. The maximum absolute atomic E-state index is 8.37. The lowest BCUT2D eigenvalue weighted by Crippen LogP contribution is -1.86. The first-order valence-electron chi connectivity index (χ1n) is 5.02. The summed E-state index contributed by atoms with van der Waals surface area (Å²) < 4.78 is 0. The van der Waals surface area contributed by atoms with E-state index < -0.39 is 0 Å². The van der Waals surface area contributed by atoms with Crippen molar-refractivity contribution in [3.05, 3.63) is 56.9 Å². The van der Waals surface area contributed by atoms with Gasteiger partial charge in [-0.05, 0) is 34.9 Å². The number of azide groups is 1. The molecule has 0 unspecified atom stereocenters. The van der Waals surface area contributed by atoms with Gasteiger partial charge in [-0.2, -0.15) is 0 Å². The summed E-state index contributed by atoms with van der Waals surface area (Å²) in [7, 11) is 0. The molecular weight excluding hydrogens is 271 g/mol. The number of hydrogen-bond donors (Lipinski definition) is 1. The van der Waals surface area contributed by atoms with Crippen LogP contribution in [0.25, 0.3) is 21.6 Å². The minimum atomic E-state index is 0.387. The number of benzene rings is 2. The van der Waals surface area contributed by atoms with Crippen LogP contribution < -0.4 is 5.73 Å². The van der Waals surface area contributed by atoms with Crippen molar-refractivity contribution >= 4 is 34.6 Å². The molecule has 2 aromatic rings. The number of rotatable bonds is 2. The van der Waals surface area contributed by atoms with Crippen molar-refractivity contribution in [2.24, 2.45) is 5.11 Å². The SMILES string of the molecule is [N-]=[N+]=Nc1ccc(-c2ccc(N)c(Cl)c2)cc1Cl. The first-order valence-corrected chi connectivity index (χ1v) is 5.77. The van der Waals surface area contributed by atoms with E-state index in [1.165, 1.54) is 0 Å². The fraction of sp³-hybridized carbons (Fsp3) is 0. The van der Waals surface area contributed by atoms with E-state index in [0.717, 1.165) is 11.1 Å². The molecule has 0 aliphatic carbocycles. The molecule has 0 heterocycles. The van der Waals surface area contributed by atoms with Crippen molar-refractivity contribution in [1.29, 1.82) is 0 Å². The van der Waals surface area contributed by atoms with Gasteiger partial charge in [0.15, 0.2) is 0 Å². The fourth-order valence-electron chi connectivity index (χ4n) is 1.52. The van der Waals surface area contributed by atoms with Crippen molar-refractivity contribution in [3.63, 3.8) is 0 Å². The van der Waals surface area contributed by atoms with E-state index in [2.05, 4.69) is 10.0 Å². The molecule has 0 aliphatic rings. The normalized spacial score (nSPS) is 9.89. The average molecular weight is 279 g/mol. The molecule has 4 nitrogen and oxygen atoms in total. The van der Waals surface area contributed by atoms with Crippen LogP contribution in [0, 0.1) is 0 Å². The van der Waals surface area contributed by atoms with Crippen LogP contribution in [0.15, 0.2) is 41.5 Å². The molecule has 2 N–H and O–H groups in total. The quantitative estimate of drug-likeness (QED) is 0.349. The summed E-state index contributed by atoms with van der Waals surface area (Å²) in [6, 6.07) is 10.5. The van der Waals surface area contributed by atoms with Crippen LogP contribution in [-0.2, 0) is 0 Å². The molecule has 6 heteroatoms. The first kappa shape index (κ1) is 12.6. The van der Waals surface area contributed by atoms with Crippen molar-refractivity contribution in [1.82, 2.24) is 0 Å². The van der Waals surface area contributed by atoms with Crippen LogP contribution in [0.3, 0.4) is 0 Å². The van der Waals surface area contributed by atoms with Crippen LogP contribution in [0.2, 0.25) is 10.0 Å². The molecule has 90 valence electrons. The molecule has 2 rings (SSSR count). The molecule has 18 heavy (non-hydrogen) atoms. The molecule has 0 atom stereocenters. The Morgan fingerprint density at radius 1 is 1.00 bits per heavy atom. The predicted molar refractivity (Wildman–Crippen MR) is 75.1 cm³/mol. The van der Waals surface area contributed by atoms with Crippen LogP contribution in [0.1, 0.15) is 0 Å². The maximum Gasteiger partial charge on any atom is 0.0641 e. The molecule has 0 radical (unpaired) electrons. The summed E-state index contributed by atoms with van der Waals surface area (Å²) in [6.45, 7) is 0. The zero-order chi connectivity index (χ0) is 13.1. The lowest BCUT2D eigenvalue weighted by molar-refractivity contribution is 1.47. The van der Waals surface area contributed by atoms with Gasteiger partial charge in [-0.25, -0.2) is 0 Å². The molecule has 0 bridgehead atoms. The highest BCUT2D eigenvalue weighted by Crippen LogP contribution is 2.32. The predicted octanol–water partition coefficient (Wildman–Crippen LogP) is 5.18. The van der Waals surface area contributed by atoms with Gasteiger partial charge in [0, 0.05) is 4.91 Å². The Morgan fingerprint density at radius 3 is 2.17 bits per heavy atom. The molecule has 0 saturated carbocycles. The Morgan fingerprint density at radius 2 is 1.61 bits per heavy atom. The summed E-state index contributed by atoms with van der Waals surface area (Å²) in [5.74, 6) is 0. The lowest BCUT2D eigenvalue weighted by atomic mass is 10.1. The van der Waals surface area contributed by atoms with Crippen molar-refractivity contribution in [2.45, 2.75) is 0 Å². The van der Waals surface area contributed by atoms with Crippen LogP contribution >= 0.6 is 23.2 Å². The second-order valence-electron chi connectivity index (χ2n) is 3.59. The number of nitrogens with two attached hydrogens (primary N) is 1.